The highest BCUT2D eigenvalue weighted by molar-refractivity contribution is 7.32. The Labute approximate surface area is 216 Å². The summed E-state index contributed by atoms with van der Waals surface area (Å²) in [5.41, 5.74) is 0. The summed E-state index contributed by atoms with van der Waals surface area (Å²) in [4.78, 5) is 50.4. The van der Waals surface area contributed by atoms with Crippen molar-refractivity contribution in [2.45, 2.75) is 6.10 Å². The van der Waals surface area contributed by atoms with Crippen LogP contribution in [0.4, 0.5) is 4.79 Å². The topological polar surface area (TPSA) is 202 Å². The van der Waals surface area contributed by atoms with Crippen molar-refractivity contribution >= 4 is 26.3 Å². The molecule has 0 aromatic rings. The molecule has 1 amide bonds. The highest BCUT2D eigenvalue weighted by Gasteiger charge is 2.21. The molecule has 0 saturated carbocycles. The third kappa shape index (κ3) is 17.3. The summed E-state index contributed by atoms with van der Waals surface area (Å²) >= 11 is 0. The van der Waals surface area contributed by atoms with Crippen LogP contribution in [-0.4, -0.2) is 170 Å². The minimum absolute atomic E-state index is 0.0665. The Bertz CT molecular complexity index is 688. The van der Waals surface area contributed by atoms with Gasteiger partial charge in [0.2, 0.25) is 0 Å². The first-order chi connectivity index (χ1) is 17.6. The van der Waals surface area contributed by atoms with Crippen molar-refractivity contribution in [1.82, 2.24) is 24.9 Å². The molecule has 5 N–H and O–H groups in total. The van der Waals surface area contributed by atoms with Gasteiger partial charge in [0.15, 0.2) is 0 Å². The molecule has 0 aliphatic carbocycles. The number of aliphatic carboxylic acids is 2. The predicted octanol–water partition coefficient (Wildman–Crippen LogP) is -2.53. The lowest BCUT2D eigenvalue weighted by molar-refractivity contribution is -0.139. The Morgan fingerprint density at radius 2 is 1.35 bits per heavy atom. The number of nitrogens with zero attached hydrogens (tertiary/aromatic N) is 4. The van der Waals surface area contributed by atoms with Gasteiger partial charge >= 0.3 is 26.3 Å². The van der Waals surface area contributed by atoms with Crippen molar-refractivity contribution in [2.75, 3.05) is 106 Å². The average molecular weight is 558 g/mol. The van der Waals surface area contributed by atoms with E-state index in [1.54, 1.807) is 14.7 Å². The van der Waals surface area contributed by atoms with Crippen LogP contribution in [0.2, 0.25) is 0 Å². The predicted molar refractivity (Wildman–Crippen MR) is 131 cm³/mol. The number of carbonyl (C=O) groups excluding carboxylic acids is 1. The lowest BCUT2D eigenvalue weighted by Gasteiger charge is -2.33. The van der Waals surface area contributed by atoms with Crippen molar-refractivity contribution in [2.24, 2.45) is 0 Å². The molecule has 0 aromatic heterocycles. The van der Waals surface area contributed by atoms with Gasteiger partial charge < -0.3 is 35.0 Å². The van der Waals surface area contributed by atoms with Gasteiger partial charge in [-0.3, -0.25) is 38.3 Å². The van der Waals surface area contributed by atoms with Gasteiger partial charge in [-0.2, -0.15) is 0 Å². The zero-order valence-electron chi connectivity index (χ0n) is 21.1. The number of rotatable bonds is 14. The van der Waals surface area contributed by atoms with E-state index in [-0.39, 0.29) is 46.1 Å². The Balaban J connectivity index is 2.83. The second-order valence-corrected chi connectivity index (χ2v) is 9.28. The van der Waals surface area contributed by atoms with E-state index in [0.717, 1.165) is 0 Å². The minimum atomic E-state index is -3.16. The fourth-order valence-corrected chi connectivity index (χ4v) is 3.86. The summed E-state index contributed by atoms with van der Waals surface area (Å²) in [7, 11) is -1.68. The van der Waals surface area contributed by atoms with Crippen molar-refractivity contribution in [3.63, 3.8) is 0 Å². The molecule has 1 saturated heterocycles. The molecular weight excluding hydrogens is 517 g/mol. The fraction of sp³-hybridized carbons (Fsp3) is 0.850. The highest BCUT2D eigenvalue weighted by Crippen LogP contribution is 2.14. The maximum atomic E-state index is 11.7. The lowest BCUT2D eigenvalue weighted by Crippen LogP contribution is -2.49. The number of hydrogen-bond donors (Lipinski definition) is 5. The first-order valence-corrected chi connectivity index (χ1v) is 13.1. The number of aliphatic hydroxyl groups excluding tert-OH is 1. The fourth-order valence-electron chi connectivity index (χ4n) is 3.57. The van der Waals surface area contributed by atoms with Crippen LogP contribution in [0, 0.1) is 0 Å². The number of alkyl carbamates (subject to hydrolysis) is 1. The van der Waals surface area contributed by atoms with E-state index in [9.17, 15) is 34.3 Å². The molecule has 2 unspecified atom stereocenters. The lowest BCUT2D eigenvalue weighted by atomic mass is 10.3. The molecule has 0 aromatic carbocycles. The molecule has 1 aliphatic rings. The third-order valence-electron chi connectivity index (χ3n) is 5.49. The van der Waals surface area contributed by atoms with Gasteiger partial charge in [-0.15, -0.1) is 0 Å². The number of carboxylic acids is 2. The summed E-state index contributed by atoms with van der Waals surface area (Å²) in [6, 6.07) is 0. The van der Waals surface area contributed by atoms with Crippen molar-refractivity contribution in [3.8, 4) is 0 Å². The van der Waals surface area contributed by atoms with Crippen LogP contribution in [0.3, 0.4) is 0 Å². The molecule has 0 radical (unpaired) electrons. The van der Waals surface area contributed by atoms with Gasteiger partial charge in [0.1, 0.15) is 13.3 Å². The second kappa shape index (κ2) is 19.2. The number of methoxy groups -OCH3 is 1. The van der Waals surface area contributed by atoms with Crippen LogP contribution in [0.15, 0.2) is 0 Å². The molecule has 17 heteroatoms. The van der Waals surface area contributed by atoms with Crippen LogP contribution in [-0.2, 0) is 28.2 Å². The molecule has 0 spiro atoms. The molecule has 16 nitrogen and oxygen atoms in total. The van der Waals surface area contributed by atoms with E-state index < -0.39 is 32.4 Å². The summed E-state index contributed by atoms with van der Waals surface area (Å²) in [5.74, 6) is -2.02. The van der Waals surface area contributed by atoms with Crippen molar-refractivity contribution in [3.05, 3.63) is 0 Å². The Morgan fingerprint density at radius 3 is 1.81 bits per heavy atom. The minimum Gasteiger partial charge on any atom is -0.480 e. The molecule has 0 bridgehead atoms. The first kappa shape index (κ1) is 33.1. The smallest absolute Gasteiger partial charge is 0.407 e. The number of nitrogens with one attached hydrogen (secondary N) is 1. The molecule has 2 atom stereocenters. The van der Waals surface area contributed by atoms with E-state index in [2.05, 4.69) is 5.32 Å². The summed E-state index contributed by atoms with van der Waals surface area (Å²) in [6.45, 7) is 2.59. The van der Waals surface area contributed by atoms with E-state index in [1.165, 1.54) is 7.11 Å². The van der Waals surface area contributed by atoms with Gasteiger partial charge in [-0.25, -0.2) is 4.79 Å². The molecule has 216 valence electrons. The molecule has 1 heterocycles. The average Bonchev–Trinajstić information content (AvgIpc) is 2.81. The molecule has 1 rings (SSSR count). The zero-order chi connectivity index (χ0) is 27.6. The molecule has 37 heavy (non-hydrogen) atoms. The van der Waals surface area contributed by atoms with Crippen molar-refractivity contribution < 1.29 is 53.2 Å². The van der Waals surface area contributed by atoms with Gasteiger partial charge in [0, 0.05) is 72.6 Å². The van der Waals surface area contributed by atoms with Crippen LogP contribution in [0.5, 0.6) is 0 Å². The number of aliphatic hydroxyl groups is 1. The highest BCUT2D eigenvalue weighted by atomic mass is 31.1. The maximum Gasteiger partial charge on any atom is 0.407 e. The van der Waals surface area contributed by atoms with E-state index >= 15 is 0 Å². The number of β-amino-alcohol motifs (C(OH)–C–C–N with tert-alkyl or cyclic N) is 1. The van der Waals surface area contributed by atoms with E-state index in [0.29, 0.717) is 52.4 Å². The molecule has 1 aliphatic heterocycles. The van der Waals surface area contributed by atoms with Crippen LogP contribution >= 0.6 is 8.25 Å². The van der Waals surface area contributed by atoms with Crippen LogP contribution < -0.4 is 5.32 Å². The van der Waals surface area contributed by atoms with Gasteiger partial charge in [-0.05, 0) is 0 Å². The van der Waals surface area contributed by atoms with Gasteiger partial charge in [0.25, 0.3) is 0 Å². The van der Waals surface area contributed by atoms with Crippen LogP contribution in [0.25, 0.3) is 0 Å². The third-order valence-corrected chi connectivity index (χ3v) is 5.87. The number of amides is 1. The van der Waals surface area contributed by atoms with E-state index in [4.69, 9.17) is 18.9 Å². The van der Waals surface area contributed by atoms with Crippen LogP contribution in [0.1, 0.15) is 0 Å². The number of carbonyl (C=O) groups is 3. The maximum absolute atomic E-state index is 11.7. The Morgan fingerprint density at radius 1 is 0.865 bits per heavy atom. The molecular formula is C20H40N5O11P. The Kier molecular flexibility index (Phi) is 17.2. The SMILES string of the molecule is COCCOC(=O)NCC(O)CN1CCN(CC(=O)O)CCN(CO[PH](=O)O)CCN(CC(=O)O)CC1. The molecule has 1 fully saturated rings. The zero-order valence-corrected chi connectivity index (χ0v) is 22.1. The van der Waals surface area contributed by atoms with Gasteiger partial charge in [-0.1, -0.05) is 0 Å². The largest absolute Gasteiger partial charge is 0.480 e. The standard InChI is InChI=1S/C20H40N5O11P/c1-34-10-11-35-20(31)21-12-17(26)13-22-2-4-23(14-18(27)28)6-8-25(16-36-37(32)33)9-7-24(5-3-22)15-19(29)30/h17,26,37H,2-16H2,1H3,(H,21,31)(H,27,28)(H,29,30)(H,32,33). The monoisotopic (exact) mass is 557 g/mol. The Hall–Kier alpha value is -1.88. The number of carboxylic acid groups (broad SMARTS) is 2. The number of hydrogen-bond acceptors (Lipinski definition) is 12. The quantitative estimate of drug-likeness (QED) is 0.110. The van der Waals surface area contributed by atoms with Gasteiger partial charge in [0.05, 0.1) is 25.8 Å². The van der Waals surface area contributed by atoms with E-state index in [1.807, 2.05) is 4.90 Å². The first-order valence-electron chi connectivity index (χ1n) is 11.8. The normalized spacial score (nSPS) is 19.3. The summed E-state index contributed by atoms with van der Waals surface area (Å²) in [5, 5.41) is 31.5. The summed E-state index contributed by atoms with van der Waals surface area (Å²) in [6.07, 6.45) is -1.64. The number of ether oxygens (including phenoxy) is 2. The summed E-state index contributed by atoms with van der Waals surface area (Å²) < 4.78 is 25.5. The second-order valence-electron chi connectivity index (χ2n) is 8.46. The van der Waals surface area contributed by atoms with Crippen molar-refractivity contribution in [1.29, 1.82) is 0 Å².